The van der Waals surface area contributed by atoms with Crippen molar-refractivity contribution in [2.45, 2.75) is 26.2 Å². The maximum atomic E-state index is 10.3. The summed E-state index contributed by atoms with van der Waals surface area (Å²) in [6.07, 6.45) is 4.51. The predicted octanol–water partition coefficient (Wildman–Crippen LogP) is 2.11. The van der Waals surface area contributed by atoms with Gasteiger partial charge in [0.25, 0.3) is 0 Å². The average molecular weight is 198 g/mol. The van der Waals surface area contributed by atoms with E-state index < -0.39 is 0 Å². The Labute approximate surface area is 85.4 Å². The van der Waals surface area contributed by atoms with Crippen LogP contribution in [0.25, 0.3) is 0 Å². The molecule has 0 aromatic carbocycles. The first-order valence-electron chi connectivity index (χ1n) is 4.67. The lowest BCUT2D eigenvalue weighted by Crippen LogP contribution is -1.90. The van der Waals surface area contributed by atoms with Crippen LogP contribution in [0.2, 0.25) is 0 Å². The molecule has 80 valence electrons. The van der Waals surface area contributed by atoms with Gasteiger partial charge in [-0.1, -0.05) is 11.6 Å². The topological polar surface area (TPSA) is 35.5 Å². The first-order chi connectivity index (χ1) is 6.74. The van der Waals surface area contributed by atoms with Crippen molar-refractivity contribution in [3.63, 3.8) is 0 Å². The Balaban J connectivity index is 3.81. The molecule has 0 aliphatic carbocycles. The molecule has 0 radical (unpaired) electrons. The second-order valence-corrected chi connectivity index (χ2v) is 3.08. The third kappa shape index (κ3) is 6.46. The highest BCUT2D eigenvalue weighted by Gasteiger charge is 1.95. The van der Waals surface area contributed by atoms with Gasteiger partial charge >= 0.3 is 0 Å². The third-order valence-electron chi connectivity index (χ3n) is 1.92. The number of rotatable bonds is 7. The minimum absolute atomic E-state index is 0.344. The number of hydrogen-bond donors (Lipinski definition) is 0. The van der Waals surface area contributed by atoms with E-state index in [9.17, 15) is 4.79 Å². The second-order valence-electron chi connectivity index (χ2n) is 3.08. The molecule has 0 aliphatic rings. The van der Waals surface area contributed by atoms with E-state index in [2.05, 4.69) is 0 Å². The molecule has 0 spiro atoms. The number of methoxy groups -OCH3 is 2. The molecular weight excluding hydrogens is 180 g/mol. The van der Waals surface area contributed by atoms with Crippen LogP contribution in [0.3, 0.4) is 0 Å². The van der Waals surface area contributed by atoms with Gasteiger partial charge in [0.05, 0.1) is 7.11 Å². The first-order valence-corrected chi connectivity index (χ1v) is 4.67. The van der Waals surface area contributed by atoms with Crippen LogP contribution in [-0.4, -0.2) is 26.8 Å². The van der Waals surface area contributed by atoms with Gasteiger partial charge in [-0.2, -0.15) is 0 Å². The van der Waals surface area contributed by atoms with Gasteiger partial charge in [0.1, 0.15) is 0 Å². The number of allylic oxidation sites excluding steroid dienone is 2. The van der Waals surface area contributed by atoms with E-state index in [1.807, 2.05) is 13.0 Å². The van der Waals surface area contributed by atoms with E-state index in [0.717, 1.165) is 19.4 Å². The lowest BCUT2D eigenvalue weighted by Gasteiger charge is -2.01. The molecule has 0 aromatic rings. The maximum Gasteiger partial charge on any atom is 0.182 e. The van der Waals surface area contributed by atoms with Crippen LogP contribution in [0.1, 0.15) is 26.2 Å². The maximum absolute atomic E-state index is 10.3. The fourth-order valence-corrected chi connectivity index (χ4v) is 1.03. The molecule has 0 saturated heterocycles. The number of ether oxygens (including phenoxy) is 2. The zero-order chi connectivity index (χ0) is 10.8. The van der Waals surface area contributed by atoms with Crippen LogP contribution >= 0.6 is 0 Å². The fourth-order valence-electron chi connectivity index (χ4n) is 1.03. The summed E-state index contributed by atoms with van der Waals surface area (Å²) in [7, 11) is 3.17. The van der Waals surface area contributed by atoms with Crippen molar-refractivity contribution in [3.8, 4) is 0 Å². The van der Waals surface area contributed by atoms with Crippen LogP contribution in [0.15, 0.2) is 17.4 Å². The minimum Gasteiger partial charge on any atom is -0.489 e. The first kappa shape index (κ1) is 12.9. The van der Waals surface area contributed by atoms with Crippen molar-refractivity contribution in [2.24, 2.45) is 0 Å². The molecule has 0 aromatic heterocycles. The van der Waals surface area contributed by atoms with Crippen LogP contribution in [0, 0.1) is 0 Å². The lowest BCUT2D eigenvalue weighted by atomic mass is 10.1. The molecule has 0 fully saturated rings. The van der Waals surface area contributed by atoms with E-state index in [4.69, 9.17) is 9.47 Å². The number of carbonyl (C=O) groups excluding carboxylic acids is 1. The van der Waals surface area contributed by atoms with Gasteiger partial charge in [-0.3, -0.25) is 0 Å². The van der Waals surface area contributed by atoms with Gasteiger partial charge in [0.2, 0.25) is 0 Å². The molecule has 0 N–H and O–H groups in total. The summed E-state index contributed by atoms with van der Waals surface area (Å²) in [6, 6.07) is 0. The highest BCUT2D eigenvalue weighted by atomic mass is 16.5. The monoisotopic (exact) mass is 198 g/mol. The van der Waals surface area contributed by atoms with Gasteiger partial charge in [-0.15, -0.1) is 0 Å². The van der Waals surface area contributed by atoms with E-state index in [-0.39, 0.29) is 0 Å². The van der Waals surface area contributed by atoms with Crippen LogP contribution < -0.4 is 0 Å². The molecule has 3 nitrogen and oxygen atoms in total. The Hall–Kier alpha value is -1.05. The highest BCUT2D eigenvalue weighted by Crippen LogP contribution is 2.08. The van der Waals surface area contributed by atoms with Crippen molar-refractivity contribution in [2.75, 3.05) is 20.8 Å². The summed E-state index contributed by atoms with van der Waals surface area (Å²) >= 11 is 0. The smallest absolute Gasteiger partial charge is 0.182 e. The quantitative estimate of drug-likeness (QED) is 0.272. The molecule has 0 unspecified atom stereocenters. The summed E-state index contributed by atoms with van der Waals surface area (Å²) < 4.78 is 9.74. The van der Waals surface area contributed by atoms with Gasteiger partial charge < -0.3 is 9.47 Å². The van der Waals surface area contributed by atoms with Crippen molar-refractivity contribution in [1.29, 1.82) is 0 Å². The standard InChI is InChI=1S/C11H18O3/c1-10(5-4-8-13-2)6-7-11(9-12)14-3/h6H,4-5,7-8H2,1-3H3. The Morgan fingerprint density at radius 3 is 2.64 bits per heavy atom. The van der Waals surface area contributed by atoms with E-state index in [1.54, 1.807) is 13.1 Å². The Morgan fingerprint density at radius 1 is 1.43 bits per heavy atom. The van der Waals surface area contributed by atoms with Crippen LogP contribution in [0.5, 0.6) is 0 Å². The summed E-state index contributed by atoms with van der Waals surface area (Å²) in [5.41, 5.74) is 1.24. The van der Waals surface area contributed by atoms with Gasteiger partial charge in [0.15, 0.2) is 11.7 Å². The van der Waals surface area contributed by atoms with E-state index in [0.29, 0.717) is 12.2 Å². The predicted molar refractivity (Wildman–Crippen MR) is 55.7 cm³/mol. The third-order valence-corrected chi connectivity index (χ3v) is 1.92. The summed E-state index contributed by atoms with van der Waals surface area (Å²) in [5.74, 6) is 2.09. The van der Waals surface area contributed by atoms with E-state index >= 15 is 0 Å². The zero-order valence-corrected chi connectivity index (χ0v) is 9.13. The second kappa shape index (κ2) is 8.54. The van der Waals surface area contributed by atoms with Crippen LogP contribution in [-0.2, 0) is 14.3 Å². The Kier molecular flexibility index (Phi) is 7.90. The summed E-state index contributed by atoms with van der Waals surface area (Å²) in [6.45, 7) is 2.81. The van der Waals surface area contributed by atoms with Crippen molar-refractivity contribution in [1.82, 2.24) is 0 Å². The van der Waals surface area contributed by atoms with Crippen molar-refractivity contribution >= 4 is 5.94 Å². The molecule has 0 amide bonds. The molecule has 3 heteroatoms. The molecule has 14 heavy (non-hydrogen) atoms. The zero-order valence-electron chi connectivity index (χ0n) is 9.13. The molecule has 0 saturated carbocycles. The van der Waals surface area contributed by atoms with Crippen molar-refractivity contribution < 1.29 is 14.3 Å². The minimum atomic E-state index is 0.344. The van der Waals surface area contributed by atoms with E-state index in [1.165, 1.54) is 12.7 Å². The summed E-state index contributed by atoms with van der Waals surface area (Å²) in [5, 5.41) is 0. The number of hydrogen-bond acceptors (Lipinski definition) is 3. The normalized spacial score (nSPS) is 10.9. The molecule has 0 atom stereocenters. The molecule has 0 rings (SSSR count). The average Bonchev–Trinajstić information content (AvgIpc) is 2.20. The Morgan fingerprint density at radius 2 is 2.14 bits per heavy atom. The molecule has 0 bridgehead atoms. The van der Waals surface area contributed by atoms with Crippen LogP contribution in [0.4, 0.5) is 0 Å². The van der Waals surface area contributed by atoms with Gasteiger partial charge in [-0.05, 0) is 19.8 Å². The van der Waals surface area contributed by atoms with Gasteiger partial charge in [-0.25, -0.2) is 4.79 Å². The molecule has 0 heterocycles. The molecule has 0 aliphatic heterocycles. The highest BCUT2D eigenvalue weighted by molar-refractivity contribution is 5.49. The Bertz CT molecular complexity index is 225. The lowest BCUT2D eigenvalue weighted by molar-refractivity contribution is 0.195. The molecular formula is C11H18O3. The summed E-state index contributed by atoms with van der Waals surface area (Å²) in [4.78, 5) is 10.3. The largest absolute Gasteiger partial charge is 0.489 e. The van der Waals surface area contributed by atoms with Crippen molar-refractivity contribution in [3.05, 3.63) is 17.4 Å². The SMILES string of the molecule is COCCCC(C)=CCC(=C=O)OC. The van der Waals surface area contributed by atoms with Gasteiger partial charge in [0, 0.05) is 20.1 Å². The fraction of sp³-hybridized carbons (Fsp3) is 0.636.